The first-order valence-corrected chi connectivity index (χ1v) is 9.08. The molecule has 4 rings (SSSR count). The van der Waals surface area contributed by atoms with Crippen molar-refractivity contribution < 1.29 is 9.21 Å². The number of halogens is 1. The summed E-state index contributed by atoms with van der Waals surface area (Å²) in [6.45, 7) is 0. The average molecular weight is 381 g/mol. The molecule has 2 aromatic carbocycles. The Labute approximate surface area is 159 Å². The zero-order valence-electron chi connectivity index (χ0n) is 13.5. The molecule has 1 amide bonds. The highest BCUT2D eigenvalue weighted by molar-refractivity contribution is 8.18. The number of thioether (sulfide) groups is 1. The average Bonchev–Trinajstić information content (AvgIpc) is 3.23. The number of furan rings is 1. The maximum Gasteiger partial charge on any atom is 0.264 e. The van der Waals surface area contributed by atoms with Crippen LogP contribution < -0.4 is 5.32 Å². The standard InChI is InChI=1S/C20H13ClN2O2S/c21-16-9-5-4-8-15(16)17-11-10-14(25-17)12-18-19(24)23-20(26-18)22-13-6-2-1-3-7-13/h1-12H,(H,22,23,24)/b18-12-. The molecule has 0 spiro atoms. The van der Waals surface area contributed by atoms with Gasteiger partial charge in [-0.25, -0.2) is 4.99 Å². The van der Waals surface area contributed by atoms with Crippen molar-refractivity contribution in [2.24, 2.45) is 4.99 Å². The molecule has 3 aromatic rings. The van der Waals surface area contributed by atoms with E-state index in [1.165, 1.54) is 11.8 Å². The second kappa shape index (κ2) is 7.23. The third-order valence-electron chi connectivity index (χ3n) is 3.68. The van der Waals surface area contributed by atoms with Crippen molar-refractivity contribution in [3.63, 3.8) is 0 Å². The van der Waals surface area contributed by atoms with Crippen molar-refractivity contribution in [3.8, 4) is 11.3 Å². The van der Waals surface area contributed by atoms with Gasteiger partial charge in [-0.05, 0) is 48.2 Å². The lowest BCUT2D eigenvalue weighted by Crippen LogP contribution is -2.19. The number of carbonyl (C=O) groups excluding carboxylic acids is 1. The Morgan fingerprint density at radius 2 is 1.77 bits per heavy atom. The topological polar surface area (TPSA) is 54.6 Å². The maximum atomic E-state index is 12.2. The van der Waals surface area contributed by atoms with Crippen LogP contribution in [0.25, 0.3) is 17.4 Å². The number of amidine groups is 1. The summed E-state index contributed by atoms with van der Waals surface area (Å²) in [5, 5.41) is 3.93. The van der Waals surface area contributed by atoms with Crippen molar-refractivity contribution in [1.29, 1.82) is 0 Å². The predicted molar refractivity (Wildman–Crippen MR) is 106 cm³/mol. The molecule has 0 radical (unpaired) electrons. The molecule has 1 aliphatic heterocycles. The number of hydrogen-bond acceptors (Lipinski definition) is 4. The van der Waals surface area contributed by atoms with Gasteiger partial charge in [0, 0.05) is 11.6 Å². The third-order valence-corrected chi connectivity index (χ3v) is 4.92. The summed E-state index contributed by atoms with van der Waals surface area (Å²) < 4.78 is 5.82. The van der Waals surface area contributed by atoms with Crippen LogP contribution in [0.15, 0.2) is 81.0 Å². The Bertz CT molecular complexity index is 1030. The first-order valence-electron chi connectivity index (χ1n) is 7.88. The number of hydrogen-bond donors (Lipinski definition) is 1. The SMILES string of the molecule is O=C1NC(=Nc2ccccc2)S/C1=C\c1ccc(-c2ccccc2Cl)o1. The minimum atomic E-state index is -0.194. The van der Waals surface area contributed by atoms with Crippen LogP contribution in [0.4, 0.5) is 5.69 Å². The summed E-state index contributed by atoms with van der Waals surface area (Å²) in [6, 6.07) is 20.6. The Morgan fingerprint density at radius 3 is 2.58 bits per heavy atom. The van der Waals surface area contributed by atoms with Crippen molar-refractivity contribution in [1.82, 2.24) is 5.32 Å². The molecule has 128 valence electrons. The van der Waals surface area contributed by atoms with E-state index >= 15 is 0 Å². The predicted octanol–water partition coefficient (Wildman–Crippen LogP) is 5.49. The van der Waals surface area contributed by atoms with E-state index in [0.29, 0.717) is 26.6 Å². The normalized spacial score (nSPS) is 17.0. The summed E-state index contributed by atoms with van der Waals surface area (Å²) >= 11 is 7.48. The van der Waals surface area contributed by atoms with Gasteiger partial charge < -0.3 is 9.73 Å². The number of para-hydroxylation sites is 1. The van der Waals surface area contributed by atoms with Gasteiger partial charge in [-0.15, -0.1) is 0 Å². The zero-order valence-corrected chi connectivity index (χ0v) is 15.1. The fourth-order valence-corrected chi connectivity index (χ4v) is 3.52. The molecule has 1 aromatic heterocycles. The molecule has 26 heavy (non-hydrogen) atoms. The summed E-state index contributed by atoms with van der Waals surface area (Å²) in [5.74, 6) is 1.04. The smallest absolute Gasteiger partial charge is 0.264 e. The van der Waals surface area contributed by atoms with E-state index < -0.39 is 0 Å². The van der Waals surface area contributed by atoms with Gasteiger partial charge in [-0.3, -0.25) is 4.79 Å². The molecule has 1 fully saturated rings. The molecule has 4 nitrogen and oxygen atoms in total. The van der Waals surface area contributed by atoms with Crippen molar-refractivity contribution in [3.05, 3.63) is 82.4 Å². The Morgan fingerprint density at radius 1 is 1.00 bits per heavy atom. The number of nitrogens with one attached hydrogen (secondary N) is 1. The highest BCUT2D eigenvalue weighted by Crippen LogP contribution is 2.32. The van der Waals surface area contributed by atoms with Crippen molar-refractivity contribution >= 4 is 46.2 Å². The first-order chi connectivity index (χ1) is 12.7. The Hall–Kier alpha value is -2.76. The second-order valence-electron chi connectivity index (χ2n) is 5.50. The van der Waals surface area contributed by atoms with Crippen LogP contribution >= 0.6 is 23.4 Å². The van der Waals surface area contributed by atoms with E-state index in [9.17, 15) is 4.79 Å². The van der Waals surface area contributed by atoms with E-state index in [0.717, 1.165) is 11.3 Å². The molecule has 0 aliphatic carbocycles. The van der Waals surface area contributed by atoms with E-state index in [1.54, 1.807) is 6.08 Å². The Balaban J connectivity index is 1.57. The Kier molecular flexibility index (Phi) is 4.65. The van der Waals surface area contributed by atoms with Gasteiger partial charge in [0.1, 0.15) is 11.5 Å². The highest BCUT2D eigenvalue weighted by Gasteiger charge is 2.24. The molecule has 1 saturated heterocycles. The van der Waals surface area contributed by atoms with Gasteiger partial charge in [0.15, 0.2) is 5.17 Å². The van der Waals surface area contributed by atoms with Gasteiger partial charge in [0.05, 0.1) is 15.6 Å². The molecule has 0 bridgehead atoms. The molecule has 2 heterocycles. The number of aliphatic imine (C=N–C) groups is 1. The minimum absolute atomic E-state index is 0.194. The number of amides is 1. The van der Waals surface area contributed by atoms with E-state index in [4.69, 9.17) is 16.0 Å². The molecule has 0 atom stereocenters. The third kappa shape index (κ3) is 3.59. The summed E-state index contributed by atoms with van der Waals surface area (Å²) in [5.41, 5.74) is 1.60. The highest BCUT2D eigenvalue weighted by atomic mass is 35.5. The molecular formula is C20H13ClN2O2S. The lowest BCUT2D eigenvalue weighted by atomic mass is 10.2. The van der Waals surface area contributed by atoms with Gasteiger partial charge in [0.2, 0.25) is 0 Å². The van der Waals surface area contributed by atoms with Crippen LogP contribution in [-0.2, 0) is 4.79 Å². The largest absolute Gasteiger partial charge is 0.457 e. The van der Waals surface area contributed by atoms with Crippen molar-refractivity contribution in [2.75, 3.05) is 0 Å². The van der Waals surface area contributed by atoms with Crippen LogP contribution in [0.1, 0.15) is 5.76 Å². The maximum absolute atomic E-state index is 12.2. The summed E-state index contributed by atoms with van der Waals surface area (Å²) in [6.07, 6.45) is 1.70. The van der Waals surface area contributed by atoms with E-state index in [1.807, 2.05) is 66.7 Å². The zero-order chi connectivity index (χ0) is 17.9. The van der Waals surface area contributed by atoms with Gasteiger partial charge >= 0.3 is 0 Å². The number of carbonyl (C=O) groups is 1. The van der Waals surface area contributed by atoms with Crippen LogP contribution in [0.3, 0.4) is 0 Å². The lowest BCUT2D eigenvalue weighted by molar-refractivity contribution is -0.115. The summed E-state index contributed by atoms with van der Waals surface area (Å²) in [4.78, 5) is 17.1. The molecule has 0 unspecified atom stereocenters. The summed E-state index contributed by atoms with van der Waals surface area (Å²) in [7, 11) is 0. The second-order valence-corrected chi connectivity index (χ2v) is 6.94. The minimum Gasteiger partial charge on any atom is -0.457 e. The van der Waals surface area contributed by atoms with Crippen LogP contribution in [0.5, 0.6) is 0 Å². The first kappa shape index (κ1) is 16.7. The quantitative estimate of drug-likeness (QED) is 0.611. The molecule has 6 heteroatoms. The fraction of sp³-hybridized carbons (Fsp3) is 0. The van der Waals surface area contributed by atoms with Gasteiger partial charge in [0.25, 0.3) is 5.91 Å². The number of rotatable bonds is 3. The van der Waals surface area contributed by atoms with Crippen LogP contribution in [0, 0.1) is 0 Å². The van der Waals surface area contributed by atoms with Crippen LogP contribution in [0.2, 0.25) is 5.02 Å². The lowest BCUT2D eigenvalue weighted by Gasteiger charge is -1.99. The molecule has 1 N–H and O–H groups in total. The number of benzene rings is 2. The number of nitrogens with zero attached hydrogens (tertiary/aromatic N) is 1. The van der Waals surface area contributed by atoms with Crippen molar-refractivity contribution in [2.45, 2.75) is 0 Å². The van der Waals surface area contributed by atoms with Gasteiger partial charge in [-0.2, -0.15) is 0 Å². The van der Waals surface area contributed by atoms with E-state index in [2.05, 4.69) is 10.3 Å². The van der Waals surface area contributed by atoms with Gasteiger partial charge in [-0.1, -0.05) is 41.9 Å². The monoisotopic (exact) mass is 380 g/mol. The molecule has 1 aliphatic rings. The van der Waals surface area contributed by atoms with Crippen LogP contribution in [-0.4, -0.2) is 11.1 Å². The molecule has 0 saturated carbocycles. The fourth-order valence-electron chi connectivity index (χ4n) is 2.47. The molecular weight excluding hydrogens is 368 g/mol. The van der Waals surface area contributed by atoms with E-state index in [-0.39, 0.29) is 5.91 Å².